The van der Waals surface area contributed by atoms with Crippen LogP contribution in [0.2, 0.25) is 0 Å². The van der Waals surface area contributed by atoms with Crippen LogP contribution in [-0.4, -0.2) is 101 Å². The Morgan fingerprint density at radius 3 is 1.50 bits per heavy atom. The highest BCUT2D eigenvalue weighted by Gasteiger charge is 2.25. The van der Waals surface area contributed by atoms with Gasteiger partial charge in [0.25, 0.3) is 0 Å². The first-order valence-electron chi connectivity index (χ1n) is 12.5. The fourth-order valence-corrected chi connectivity index (χ4v) is 3.27. The maximum Gasteiger partial charge on any atom is 0.214 e. The van der Waals surface area contributed by atoms with Crippen molar-refractivity contribution in [3.8, 4) is 0 Å². The molecule has 0 aliphatic heterocycles. The van der Waals surface area contributed by atoms with Crippen LogP contribution in [-0.2, 0) is 18.9 Å². The number of quaternary nitrogens is 1. The highest BCUT2D eigenvalue weighted by molar-refractivity contribution is 4.49. The summed E-state index contributed by atoms with van der Waals surface area (Å²) < 4.78 is 22.0. The molecule has 1 atom stereocenters. The van der Waals surface area contributed by atoms with Gasteiger partial charge in [-0.3, -0.25) is 0 Å². The monoisotopic (exact) mass is 485 g/mol. The second kappa shape index (κ2) is 25.6. The van der Waals surface area contributed by atoms with Crippen molar-refractivity contribution in [3.63, 3.8) is 0 Å². The Kier molecular flexibility index (Phi) is 27.4. The first-order valence-corrected chi connectivity index (χ1v) is 12.5. The molecule has 0 aromatic carbocycles. The minimum atomic E-state index is -0.513. The zero-order chi connectivity index (χ0) is 23.0. The topological polar surface area (TPSA) is 77.4 Å². The lowest BCUT2D eigenvalue weighted by Crippen LogP contribution is -3.00. The molecule has 0 heterocycles. The SMILES string of the molecule is CCCCCCCCCCCC[N+](C)(C)C(O)COCCOCCOCCOCCO.[Cl-]. The van der Waals surface area contributed by atoms with E-state index in [4.69, 9.17) is 24.1 Å². The number of ether oxygens (including phenoxy) is 4. The molecule has 2 N–H and O–H groups in total. The van der Waals surface area contributed by atoms with Crippen LogP contribution in [0.15, 0.2) is 0 Å². The summed E-state index contributed by atoms with van der Waals surface area (Å²) in [7, 11) is 4.14. The molecular weight excluding hydrogens is 434 g/mol. The number of aliphatic hydroxyl groups excluding tert-OH is 2. The third-order valence-corrected chi connectivity index (χ3v) is 5.51. The van der Waals surface area contributed by atoms with Gasteiger partial charge < -0.3 is 46.1 Å². The Labute approximate surface area is 203 Å². The Morgan fingerprint density at radius 1 is 0.625 bits per heavy atom. The lowest BCUT2D eigenvalue weighted by Gasteiger charge is -2.34. The van der Waals surface area contributed by atoms with E-state index in [1.54, 1.807) is 0 Å². The summed E-state index contributed by atoms with van der Waals surface area (Å²) in [5.41, 5.74) is 0. The molecule has 0 saturated heterocycles. The molecule has 0 aliphatic rings. The van der Waals surface area contributed by atoms with Crippen molar-refractivity contribution >= 4 is 0 Å². The largest absolute Gasteiger partial charge is 1.00 e. The molecular formula is C24H52ClNO6. The zero-order valence-corrected chi connectivity index (χ0v) is 21.8. The van der Waals surface area contributed by atoms with Crippen LogP contribution < -0.4 is 12.4 Å². The van der Waals surface area contributed by atoms with E-state index in [9.17, 15) is 5.11 Å². The highest BCUT2D eigenvalue weighted by Crippen LogP contribution is 2.13. The van der Waals surface area contributed by atoms with Crippen LogP contribution in [0.5, 0.6) is 0 Å². The van der Waals surface area contributed by atoms with Crippen molar-refractivity contribution in [2.75, 3.05) is 80.1 Å². The molecule has 0 saturated carbocycles. The van der Waals surface area contributed by atoms with E-state index in [1.165, 1.54) is 57.8 Å². The number of unbranched alkanes of at least 4 members (excludes halogenated alkanes) is 9. The van der Waals surface area contributed by atoms with Gasteiger partial charge in [-0.1, -0.05) is 58.3 Å². The molecule has 32 heavy (non-hydrogen) atoms. The highest BCUT2D eigenvalue weighted by atomic mass is 35.5. The molecule has 7 nitrogen and oxygen atoms in total. The Bertz CT molecular complexity index is 363. The summed E-state index contributed by atoms with van der Waals surface area (Å²) in [5, 5.41) is 19.0. The number of likely N-dealkylation sites (N-methyl/N-ethyl adjacent to an activating group) is 1. The molecule has 0 bridgehead atoms. The van der Waals surface area contributed by atoms with E-state index >= 15 is 0 Å². The van der Waals surface area contributed by atoms with Crippen molar-refractivity contribution in [3.05, 3.63) is 0 Å². The van der Waals surface area contributed by atoms with Crippen molar-refractivity contribution in [1.82, 2.24) is 0 Å². The second-order valence-corrected chi connectivity index (χ2v) is 8.80. The number of hydrogen-bond donors (Lipinski definition) is 2. The summed E-state index contributed by atoms with van der Waals surface area (Å²) in [6.45, 7) is 6.89. The van der Waals surface area contributed by atoms with Crippen LogP contribution >= 0.6 is 0 Å². The summed E-state index contributed by atoms with van der Waals surface area (Å²) in [6.07, 6.45) is 12.8. The number of nitrogens with zero attached hydrogens (tertiary/aromatic N) is 1. The molecule has 0 fully saturated rings. The maximum absolute atomic E-state index is 10.4. The molecule has 0 amide bonds. The van der Waals surface area contributed by atoms with E-state index in [1.807, 2.05) is 0 Å². The summed E-state index contributed by atoms with van der Waals surface area (Å²) in [5.74, 6) is 0. The third kappa shape index (κ3) is 23.2. The first-order chi connectivity index (χ1) is 15.0. The summed E-state index contributed by atoms with van der Waals surface area (Å²) >= 11 is 0. The Morgan fingerprint density at radius 2 is 1.03 bits per heavy atom. The van der Waals surface area contributed by atoms with Crippen molar-refractivity contribution in [1.29, 1.82) is 0 Å². The van der Waals surface area contributed by atoms with Crippen LogP contribution in [0, 0.1) is 0 Å². The summed E-state index contributed by atoms with van der Waals surface area (Å²) in [4.78, 5) is 0. The number of rotatable bonds is 25. The van der Waals surface area contributed by atoms with E-state index < -0.39 is 6.23 Å². The first kappa shape index (κ1) is 34.2. The molecule has 8 heteroatoms. The molecule has 0 aromatic rings. The molecule has 0 rings (SSSR count). The van der Waals surface area contributed by atoms with Gasteiger partial charge in [0.05, 0.1) is 73.5 Å². The minimum Gasteiger partial charge on any atom is -1.00 e. The molecule has 0 aliphatic carbocycles. The van der Waals surface area contributed by atoms with Gasteiger partial charge in [0.15, 0.2) is 0 Å². The second-order valence-electron chi connectivity index (χ2n) is 8.80. The predicted octanol–water partition coefficient (Wildman–Crippen LogP) is 0.365. The van der Waals surface area contributed by atoms with Gasteiger partial charge in [-0.05, 0) is 12.8 Å². The fourth-order valence-electron chi connectivity index (χ4n) is 3.27. The standard InChI is InChI=1S/C24H52NO6.ClH/c1-4-5-6-7-8-9-10-11-12-13-14-25(2,3)24(27)23-31-22-21-30-20-19-29-18-17-28-16-15-26;/h24,26-27H,4-23H2,1-3H3;1H/q+1;/p-1. The smallest absolute Gasteiger partial charge is 0.214 e. The van der Waals surface area contributed by atoms with Crippen molar-refractivity contribution in [2.45, 2.75) is 77.4 Å². The number of hydrogen-bond acceptors (Lipinski definition) is 6. The fraction of sp³-hybridized carbons (Fsp3) is 1.00. The van der Waals surface area contributed by atoms with Gasteiger partial charge >= 0.3 is 0 Å². The van der Waals surface area contributed by atoms with Crippen LogP contribution in [0.4, 0.5) is 0 Å². The molecule has 1 unspecified atom stereocenters. The summed E-state index contributed by atoms with van der Waals surface area (Å²) in [6, 6.07) is 0. The maximum atomic E-state index is 10.4. The van der Waals surface area contributed by atoms with Crippen molar-refractivity contribution < 1.29 is 46.1 Å². The average Bonchev–Trinajstić information content (AvgIpc) is 2.75. The van der Waals surface area contributed by atoms with E-state index in [-0.39, 0.29) is 19.0 Å². The predicted molar refractivity (Wildman–Crippen MR) is 125 cm³/mol. The third-order valence-electron chi connectivity index (χ3n) is 5.51. The van der Waals surface area contributed by atoms with Gasteiger partial charge in [-0.25, -0.2) is 0 Å². The normalized spacial score (nSPS) is 12.7. The molecule has 196 valence electrons. The van der Waals surface area contributed by atoms with E-state index in [0.29, 0.717) is 57.3 Å². The van der Waals surface area contributed by atoms with Gasteiger partial charge in [0, 0.05) is 0 Å². The van der Waals surface area contributed by atoms with Gasteiger partial charge in [0.2, 0.25) is 6.23 Å². The molecule has 0 spiro atoms. The van der Waals surface area contributed by atoms with Gasteiger partial charge in [-0.2, -0.15) is 0 Å². The van der Waals surface area contributed by atoms with E-state index in [0.717, 1.165) is 13.0 Å². The number of aliphatic hydroxyl groups is 2. The van der Waals surface area contributed by atoms with Crippen LogP contribution in [0.25, 0.3) is 0 Å². The molecule has 0 aromatic heterocycles. The van der Waals surface area contributed by atoms with E-state index in [2.05, 4.69) is 21.0 Å². The Balaban J connectivity index is 0. The molecule has 0 radical (unpaired) electrons. The minimum absolute atomic E-state index is 0. The Hall–Kier alpha value is 0.01000. The lowest BCUT2D eigenvalue weighted by molar-refractivity contribution is -0.937. The quantitative estimate of drug-likeness (QED) is 0.110. The lowest BCUT2D eigenvalue weighted by atomic mass is 10.1. The van der Waals surface area contributed by atoms with Gasteiger partial charge in [0.1, 0.15) is 6.61 Å². The van der Waals surface area contributed by atoms with Crippen LogP contribution in [0.1, 0.15) is 71.1 Å². The van der Waals surface area contributed by atoms with Crippen LogP contribution in [0.3, 0.4) is 0 Å². The van der Waals surface area contributed by atoms with Crippen molar-refractivity contribution in [2.24, 2.45) is 0 Å². The zero-order valence-electron chi connectivity index (χ0n) is 21.1. The number of halogens is 1. The van der Waals surface area contributed by atoms with Gasteiger partial charge in [-0.15, -0.1) is 0 Å². The average molecular weight is 486 g/mol.